The van der Waals surface area contributed by atoms with Crippen molar-refractivity contribution in [2.45, 2.75) is 13.8 Å². The molecular formula is C15H13NS. The minimum Gasteiger partial charge on any atom is -0.194 e. The van der Waals surface area contributed by atoms with Crippen LogP contribution in [0.25, 0.3) is 11.1 Å². The second-order valence-corrected chi connectivity index (χ2v) is 4.21. The lowest BCUT2D eigenvalue weighted by molar-refractivity contribution is 1.34. The van der Waals surface area contributed by atoms with Crippen molar-refractivity contribution in [3.63, 3.8) is 0 Å². The van der Waals surface area contributed by atoms with Gasteiger partial charge in [0, 0.05) is 0 Å². The fraction of sp³-hybridized carbons (Fsp3) is 0.133. The monoisotopic (exact) mass is 239 g/mol. The molecule has 0 heterocycles. The summed E-state index contributed by atoms with van der Waals surface area (Å²) in [4.78, 5) is 4.11. The number of nitrogens with zero attached hydrogens (tertiary/aromatic N) is 1. The van der Waals surface area contributed by atoms with Gasteiger partial charge in [-0.25, -0.2) is 0 Å². The zero-order valence-corrected chi connectivity index (χ0v) is 10.7. The Morgan fingerprint density at radius 1 is 0.941 bits per heavy atom. The van der Waals surface area contributed by atoms with Gasteiger partial charge in [0.2, 0.25) is 0 Å². The molecule has 0 radical (unpaired) electrons. The van der Waals surface area contributed by atoms with Gasteiger partial charge in [0.15, 0.2) is 0 Å². The minimum absolute atomic E-state index is 0.930. The van der Waals surface area contributed by atoms with E-state index in [-0.39, 0.29) is 0 Å². The molecule has 0 aromatic heterocycles. The molecule has 0 aliphatic rings. The van der Waals surface area contributed by atoms with Crippen LogP contribution in [0.3, 0.4) is 0 Å². The van der Waals surface area contributed by atoms with Crippen molar-refractivity contribution < 1.29 is 0 Å². The van der Waals surface area contributed by atoms with Gasteiger partial charge < -0.3 is 0 Å². The van der Waals surface area contributed by atoms with Crippen molar-refractivity contribution in [2.24, 2.45) is 4.99 Å². The van der Waals surface area contributed by atoms with E-state index in [0.717, 1.165) is 16.8 Å². The van der Waals surface area contributed by atoms with E-state index in [2.05, 4.69) is 46.6 Å². The lowest BCUT2D eigenvalue weighted by Crippen LogP contribution is -1.84. The fourth-order valence-electron chi connectivity index (χ4n) is 1.98. The number of hydrogen-bond acceptors (Lipinski definition) is 2. The highest BCUT2D eigenvalue weighted by molar-refractivity contribution is 7.78. The van der Waals surface area contributed by atoms with Crippen LogP contribution in [0.2, 0.25) is 0 Å². The van der Waals surface area contributed by atoms with Crippen molar-refractivity contribution in [3.05, 3.63) is 53.6 Å². The summed E-state index contributed by atoms with van der Waals surface area (Å²) in [6, 6.07) is 14.6. The molecule has 0 bridgehead atoms. The van der Waals surface area contributed by atoms with Gasteiger partial charge in [0.1, 0.15) is 0 Å². The number of isothiocyanates is 1. The molecule has 2 aromatic carbocycles. The predicted octanol–water partition coefficient (Wildman–Crippen LogP) is 4.70. The fourth-order valence-corrected chi connectivity index (χ4v) is 2.07. The molecule has 2 rings (SSSR count). The summed E-state index contributed by atoms with van der Waals surface area (Å²) in [5, 5.41) is 2.43. The van der Waals surface area contributed by atoms with Gasteiger partial charge >= 0.3 is 0 Å². The SMILES string of the molecule is Cc1cc(-c2ccccc2)cc(C)c1N=C=S. The van der Waals surface area contributed by atoms with Crippen LogP contribution in [0.5, 0.6) is 0 Å². The normalized spacial score (nSPS) is 9.76. The van der Waals surface area contributed by atoms with Crippen LogP contribution in [0.4, 0.5) is 5.69 Å². The summed E-state index contributed by atoms with van der Waals surface area (Å²) in [5.41, 5.74) is 5.61. The molecule has 0 amide bonds. The van der Waals surface area contributed by atoms with E-state index in [9.17, 15) is 0 Å². The third-order valence-corrected chi connectivity index (χ3v) is 2.85. The van der Waals surface area contributed by atoms with E-state index in [1.54, 1.807) is 0 Å². The van der Waals surface area contributed by atoms with Crippen LogP contribution in [0.1, 0.15) is 11.1 Å². The Morgan fingerprint density at radius 3 is 2.06 bits per heavy atom. The molecule has 2 heteroatoms. The molecule has 1 nitrogen and oxygen atoms in total. The van der Waals surface area contributed by atoms with E-state index in [0.29, 0.717) is 0 Å². The van der Waals surface area contributed by atoms with E-state index in [1.165, 1.54) is 11.1 Å². The summed E-state index contributed by atoms with van der Waals surface area (Å²) >= 11 is 4.66. The van der Waals surface area contributed by atoms with Crippen molar-refractivity contribution in [1.82, 2.24) is 0 Å². The first-order valence-electron chi connectivity index (χ1n) is 5.47. The molecule has 0 saturated heterocycles. The Kier molecular flexibility index (Phi) is 3.48. The molecule has 0 saturated carbocycles. The maximum Gasteiger partial charge on any atom is 0.0798 e. The largest absolute Gasteiger partial charge is 0.194 e. The quantitative estimate of drug-likeness (QED) is 0.546. The zero-order chi connectivity index (χ0) is 12.3. The maximum absolute atomic E-state index is 4.66. The van der Waals surface area contributed by atoms with Gasteiger partial charge in [0.05, 0.1) is 10.8 Å². The molecule has 17 heavy (non-hydrogen) atoms. The summed E-state index contributed by atoms with van der Waals surface area (Å²) < 4.78 is 0. The molecule has 0 aliphatic heterocycles. The number of thiocarbonyl (C=S) groups is 1. The van der Waals surface area contributed by atoms with E-state index in [4.69, 9.17) is 0 Å². The summed E-state index contributed by atoms with van der Waals surface area (Å²) in [6.45, 7) is 4.09. The molecule has 0 N–H and O–H groups in total. The number of benzene rings is 2. The minimum atomic E-state index is 0.930. The summed E-state index contributed by atoms with van der Waals surface area (Å²) in [7, 11) is 0. The van der Waals surface area contributed by atoms with Crippen LogP contribution in [0.15, 0.2) is 47.5 Å². The lowest BCUT2D eigenvalue weighted by atomic mass is 9.99. The Hall–Kier alpha value is -1.76. The first-order valence-corrected chi connectivity index (χ1v) is 5.87. The van der Waals surface area contributed by atoms with E-state index >= 15 is 0 Å². The zero-order valence-electron chi connectivity index (χ0n) is 9.90. The van der Waals surface area contributed by atoms with Crippen molar-refractivity contribution in [2.75, 3.05) is 0 Å². The van der Waals surface area contributed by atoms with Crippen LogP contribution in [0, 0.1) is 13.8 Å². The van der Waals surface area contributed by atoms with Gasteiger partial charge in [-0.1, -0.05) is 30.3 Å². The smallest absolute Gasteiger partial charge is 0.0798 e. The average Bonchev–Trinajstić information content (AvgIpc) is 2.35. The van der Waals surface area contributed by atoms with Crippen molar-refractivity contribution in [1.29, 1.82) is 0 Å². The Bertz CT molecular complexity index is 558. The second-order valence-electron chi connectivity index (χ2n) is 4.03. The molecule has 0 unspecified atom stereocenters. The number of aryl methyl sites for hydroxylation is 2. The van der Waals surface area contributed by atoms with Crippen molar-refractivity contribution >= 4 is 23.1 Å². The molecule has 0 atom stereocenters. The molecule has 0 aliphatic carbocycles. The Morgan fingerprint density at radius 2 is 1.53 bits per heavy atom. The van der Waals surface area contributed by atoms with Crippen LogP contribution < -0.4 is 0 Å². The predicted molar refractivity (Wildman–Crippen MR) is 76.0 cm³/mol. The third-order valence-electron chi connectivity index (χ3n) is 2.76. The van der Waals surface area contributed by atoms with Crippen molar-refractivity contribution in [3.8, 4) is 11.1 Å². The highest BCUT2D eigenvalue weighted by Crippen LogP contribution is 2.29. The highest BCUT2D eigenvalue weighted by Gasteiger charge is 2.05. The average molecular weight is 239 g/mol. The summed E-state index contributed by atoms with van der Waals surface area (Å²) in [6.07, 6.45) is 0. The molecule has 0 spiro atoms. The number of aliphatic imine (C=N–C) groups is 1. The Labute approximate surface area is 107 Å². The lowest BCUT2D eigenvalue weighted by Gasteiger charge is -2.08. The first-order chi connectivity index (χ1) is 8.22. The standard InChI is InChI=1S/C15H13NS/c1-11-8-14(13-6-4-3-5-7-13)9-12(2)15(11)16-10-17/h3-9H,1-2H3. The third kappa shape index (κ3) is 2.50. The molecule has 0 fully saturated rings. The van der Waals surface area contributed by atoms with Gasteiger partial charge in [-0.05, 0) is 60.5 Å². The Balaban J connectivity index is 2.57. The number of rotatable bonds is 2. The van der Waals surface area contributed by atoms with Crippen LogP contribution in [-0.4, -0.2) is 5.16 Å². The van der Waals surface area contributed by atoms with E-state index < -0.39 is 0 Å². The summed E-state index contributed by atoms with van der Waals surface area (Å²) in [5.74, 6) is 0. The van der Waals surface area contributed by atoms with Gasteiger partial charge in [-0.2, -0.15) is 4.99 Å². The molecule has 84 valence electrons. The van der Waals surface area contributed by atoms with Crippen LogP contribution in [-0.2, 0) is 0 Å². The number of hydrogen-bond donors (Lipinski definition) is 0. The van der Waals surface area contributed by atoms with Gasteiger partial charge in [-0.15, -0.1) is 0 Å². The first kappa shape index (κ1) is 11.7. The van der Waals surface area contributed by atoms with Gasteiger partial charge in [-0.3, -0.25) is 0 Å². The van der Waals surface area contributed by atoms with Gasteiger partial charge in [0.25, 0.3) is 0 Å². The second kappa shape index (κ2) is 5.05. The van der Waals surface area contributed by atoms with Crippen LogP contribution >= 0.6 is 12.2 Å². The highest BCUT2D eigenvalue weighted by atomic mass is 32.1. The molecular weight excluding hydrogens is 226 g/mol. The maximum atomic E-state index is 4.66. The van der Waals surface area contributed by atoms with E-state index in [1.807, 2.05) is 32.0 Å². The molecule has 2 aromatic rings. The topological polar surface area (TPSA) is 12.4 Å².